The fourth-order valence-electron chi connectivity index (χ4n) is 3.70. The van der Waals surface area contributed by atoms with Crippen molar-refractivity contribution in [3.63, 3.8) is 0 Å². The summed E-state index contributed by atoms with van der Waals surface area (Å²) in [5, 5.41) is 11.9. The van der Waals surface area contributed by atoms with Crippen molar-refractivity contribution in [2.75, 3.05) is 19.6 Å². The number of aliphatic imine (C=N–C) groups is 1. The normalized spacial score (nSPS) is 17.8. The first-order chi connectivity index (χ1) is 14.5. The third kappa shape index (κ3) is 6.55. The second-order valence-corrected chi connectivity index (χ2v) is 9.08. The van der Waals surface area contributed by atoms with Crippen molar-refractivity contribution in [2.24, 2.45) is 10.1 Å². The standard InChI is InChI=1S/C22H31N5O2S/c1-2-24-22(25-15-19-10-6-12-21(14-19)30(23,28)29)26-16-20-11-7-13-27(20)17-18-8-4-3-5-9-18/h3-6,8-10,12,14,20H,2,7,11,13,15-17H2,1H3,(H2,23,28,29)(H2,24,25,26). The molecule has 0 radical (unpaired) electrons. The molecule has 0 bridgehead atoms. The number of rotatable bonds is 8. The highest BCUT2D eigenvalue weighted by Gasteiger charge is 2.24. The molecule has 0 aliphatic carbocycles. The highest BCUT2D eigenvalue weighted by Crippen LogP contribution is 2.19. The number of likely N-dealkylation sites (tertiary alicyclic amines) is 1. The molecule has 1 unspecified atom stereocenters. The van der Waals surface area contributed by atoms with Crippen LogP contribution in [0.15, 0.2) is 64.5 Å². The first kappa shape index (κ1) is 22.3. The van der Waals surface area contributed by atoms with E-state index in [0.29, 0.717) is 12.6 Å². The van der Waals surface area contributed by atoms with Gasteiger partial charge >= 0.3 is 0 Å². The van der Waals surface area contributed by atoms with Crippen LogP contribution in [0, 0.1) is 0 Å². The first-order valence-corrected chi connectivity index (χ1v) is 11.9. The van der Waals surface area contributed by atoms with Crippen LogP contribution in [0.3, 0.4) is 0 Å². The number of nitrogens with one attached hydrogen (secondary N) is 2. The molecule has 1 saturated heterocycles. The summed E-state index contributed by atoms with van der Waals surface area (Å²) in [7, 11) is -3.71. The van der Waals surface area contributed by atoms with Crippen LogP contribution >= 0.6 is 0 Å². The number of nitrogens with two attached hydrogens (primary N) is 1. The van der Waals surface area contributed by atoms with Gasteiger partial charge in [0, 0.05) is 25.7 Å². The van der Waals surface area contributed by atoms with E-state index >= 15 is 0 Å². The summed E-state index contributed by atoms with van der Waals surface area (Å²) in [6, 6.07) is 17.6. The molecule has 0 aromatic heterocycles. The lowest BCUT2D eigenvalue weighted by atomic mass is 10.2. The second-order valence-electron chi connectivity index (χ2n) is 7.52. The molecular formula is C22H31N5O2S. The number of hydrogen-bond acceptors (Lipinski definition) is 4. The molecule has 8 heteroatoms. The lowest BCUT2D eigenvalue weighted by Crippen LogP contribution is -2.44. The van der Waals surface area contributed by atoms with Crippen LogP contribution in [0.2, 0.25) is 0 Å². The Balaban J connectivity index is 1.60. The SMILES string of the molecule is CCNC(=NCc1cccc(S(N)(=O)=O)c1)NCC1CCCN1Cc1ccccc1. The Morgan fingerprint density at radius 1 is 1.13 bits per heavy atom. The van der Waals surface area contributed by atoms with Crippen LogP contribution in [-0.2, 0) is 23.1 Å². The Hall–Kier alpha value is -2.42. The average Bonchev–Trinajstić information content (AvgIpc) is 3.17. The molecule has 1 heterocycles. The Morgan fingerprint density at radius 3 is 2.63 bits per heavy atom. The van der Waals surface area contributed by atoms with Crippen molar-refractivity contribution in [1.29, 1.82) is 0 Å². The van der Waals surface area contributed by atoms with E-state index in [2.05, 4.69) is 44.8 Å². The van der Waals surface area contributed by atoms with Gasteiger partial charge in [-0.25, -0.2) is 18.5 Å². The zero-order valence-corrected chi connectivity index (χ0v) is 18.2. The fraction of sp³-hybridized carbons (Fsp3) is 0.409. The zero-order chi connectivity index (χ0) is 21.4. The van der Waals surface area contributed by atoms with Crippen molar-refractivity contribution >= 4 is 16.0 Å². The minimum absolute atomic E-state index is 0.107. The molecule has 1 atom stereocenters. The molecule has 1 aliphatic rings. The van der Waals surface area contributed by atoms with Gasteiger partial charge in [-0.2, -0.15) is 0 Å². The summed E-state index contributed by atoms with van der Waals surface area (Å²) in [6.07, 6.45) is 2.36. The molecule has 3 rings (SSSR count). The van der Waals surface area contributed by atoms with E-state index in [0.717, 1.165) is 44.1 Å². The quantitative estimate of drug-likeness (QED) is 0.441. The number of hydrogen-bond donors (Lipinski definition) is 3. The largest absolute Gasteiger partial charge is 0.357 e. The van der Waals surface area contributed by atoms with Crippen LogP contribution in [0.5, 0.6) is 0 Å². The molecule has 1 aliphatic heterocycles. The number of sulfonamides is 1. The van der Waals surface area contributed by atoms with Crippen molar-refractivity contribution in [2.45, 2.75) is 43.8 Å². The van der Waals surface area contributed by atoms with Gasteiger partial charge in [0.1, 0.15) is 0 Å². The Bertz CT molecular complexity index is 947. The second kappa shape index (κ2) is 10.6. The van der Waals surface area contributed by atoms with E-state index in [4.69, 9.17) is 5.14 Å². The zero-order valence-electron chi connectivity index (χ0n) is 17.4. The Morgan fingerprint density at radius 2 is 1.90 bits per heavy atom. The minimum Gasteiger partial charge on any atom is -0.357 e. The van der Waals surface area contributed by atoms with Crippen molar-refractivity contribution < 1.29 is 8.42 Å². The highest BCUT2D eigenvalue weighted by atomic mass is 32.2. The van der Waals surface area contributed by atoms with Gasteiger partial charge in [-0.15, -0.1) is 0 Å². The van der Waals surface area contributed by atoms with Crippen LogP contribution < -0.4 is 15.8 Å². The number of guanidine groups is 1. The predicted octanol–water partition coefficient (Wildman–Crippen LogP) is 2.05. The van der Waals surface area contributed by atoms with Crippen LogP contribution in [-0.4, -0.2) is 45.0 Å². The molecule has 0 amide bonds. The lowest BCUT2D eigenvalue weighted by Gasteiger charge is -2.25. The Labute approximate surface area is 179 Å². The van der Waals surface area contributed by atoms with Gasteiger partial charge in [0.05, 0.1) is 11.4 Å². The summed E-state index contributed by atoms with van der Waals surface area (Å²) >= 11 is 0. The van der Waals surface area contributed by atoms with E-state index in [1.54, 1.807) is 12.1 Å². The topological polar surface area (TPSA) is 99.8 Å². The van der Waals surface area contributed by atoms with E-state index in [9.17, 15) is 8.42 Å². The van der Waals surface area contributed by atoms with E-state index in [-0.39, 0.29) is 4.90 Å². The molecular weight excluding hydrogens is 398 g/mol. The van der Waals surface area contributed by atoms with Crippen LogP contribution in [0.4, 0.5) is 0 Å². The molecule has 2 aromatic carbocycles. The van der Waals surface area contributed by atoms with E-state index < -0.39 is 10.0 Å². The Kier molecular flexibility index (Phi) is 7.84. The molecule has 4 N–H and O–H groups in total. The van der Waals surface area contributed by atoms with Crippen LogP contribution in [0.1, 0.15) is 30.9 Å². The van der Waals surface area contributed by atoms with Crippen molar-refractivity contribution in [3.8, 4) is 0 Å². The minimum atomic E-state index is -3.71. The maximum atomic E-state index is 11.5. The predicted molar refractivity (Wildman–Crippen MR) is 121 cm³/mol. The lowest BCUT2D eigenvalue weighted by molar-refractivity contribution is 0.245. The fourth-order valence-corrected chi connectivity index (χ4v) is 4.28. The van der Waals surface area contributed by atoms with E-state index in [1.165, 1.54) is 18.1 Å². The first-order valence-electron chi connectivity index (χ1n) is 10.4. The van der Waals surface area contributed by atoms with Gasteiger partial charge in [0.15, 0.2) is 5.96 Å². The van der Waals surface area contributed by atoms with Crippen LogP contribution in [0.25, 0.3) is 0 Å². The number of benzene rings is 2. The molecule has 0 spiro atoms. The van der Waals surface area contributed by atoms with Gasteiger partial charge in [-0.05, 0) is 49.6 Å². The smallest absolute Gasteiger partial charge is 0.238 e. The van der Waals surface area contributed by atoms with E-state index in [1.807, 2.05) is 19.1 Å². The molecule has 2 aromatic rings. The summed E-state index contributed by atoms with van der Waals surface area (Å²) in [6.45, 7) is 6.03. The number of primary sulfonamides is 1. The van der Waals surface area contributed by atoms with Gasteiger partial charge < -0.3 is 10.6 Å². The van der Waals surface area contributed by atoms with Crippen molar-refractivity contribution in [3.05, 3.63) is 65.7 Å². The summed E-state index contributed by atoms with van der Waals surface area (Å²) in [5.41, 5.74) is 2.13. The maximum Gasteiger partial charge on any atom is 0.238 e. The monoisotopic (exact) mass is 429 g/mol. The molecule has 30 heavy (non-hydrogen) atoms. The molecule has 0 saturated carbocycles. The summed E-state index contributed by atoms with van der Waals surface area (Å²) < 4.78 is 23.1. The van der Waals surface area contributed by atoms with Crippen molar-refractivity contribution in [1.82, 2.24) is 15.5 Å². The summed E-state index contributed by atoms with van der Waals surface area (Å²) in [4.78, 5) is 7.24. The van der Waals surface area contributed by atoms with Gasteiger partial charge in [0.25, 0.3) is 0 Å². The summed E-state index contributed by atoms with van der Waals surface area (Å²) in [5.74, 6) is 0.727. The number of nitrogens with zero attached hydrogens (tertiary/aromatic N) is 2. The third-order valence-electron chi connectivity index (χ3n) is 5.22. The maximum absolute atomic E-state index is 11.5. The highest BCUT2D eigenvalue weighted by molar-refractivity contribution is 7.89. The molecule has 1 fully saturated rings. The third-order valence-corrected chi connectivity index (χ3v) is 6.13. The van der Waals surface area contributed by atoms with Gasteiger partial charge in [-0.1, -0.05) is 42.5 Å². The molecule has 162 valence electrons. The van der Waals surface area contributed by atoms with Gasteiger partial charge in [0.2, 0.25) is 10.0 Å². The average molecular weight is 430 g/mol. The van der Waals surface area contributed by atoms with Gasteiger partial charge in [-0.3, -0.25) is 4.90 Å². The molecule has 7 nitrogen and oxygen atoms in total.